The quantitative estimate of drug-likeness (QED) is 0.745. The average Bonchev–Trinajstić information content (AvgIpc) is 2.33. The molecule has 0 bridgehead atoms. The molecule has 0 aliphatic heterocycles. The van der Waals surface area contributed by atoms with Gasteiger partial charge in [0, 0.05) is 17.4 Å². The summed E-state index contributed by atoms with van der Waals surface area (Å²) >= 11 is 0. The van der Waals surface area contributed by atoms with E-state index in [0.717, 1.165) is 12.1 Å². The van der Waals surface area contributed by atoms with E-state index in [1.54, 1.807) is 0 Å². The smallest absolute Gasteiger partial charge is 0.337 e. The van der Waals surface area contributed by atoms with Crippen molar-refractivity contribution in [1.29, 1.82) is 0 Å². The largest absolute Gasteiger partial charge is 0.478 e. The number of anilines is 3. The number of nitrogens with two attached hydrogens (primary N) is 1. The summed E-state index contributed by atoms with van der Waals surface area (Å²) in [4.78, 5) is 11.0. The summed E-state index contributed by atoms with van der Waals surface area (Å²) < 4.78 is 25.9. The second-order valence-electron chi connectivity index (χ2n) is 3.86. The van der Waals surface area contributed by atoms with Crippen molar-refractivity contribution in [2.24, 2.45) is 0 Å². The highest BCUT2D eigenvalue weighted by molar-refractivity contribution is 5.96. The third-order valence-electron chi connectivity index (χ3n) is 2.47. The highest BCUT2D eigenvalue weighted by Crippen LogP contribution is 2.24. The summed E-state index contributed by atoms with van der Waals surface area (Å²) in [5.41, 5.74) is 6.35. The van der Waals surface area contributed by atoms with Crippen LogP contribution in [0.25, 0.3) is 0 Å². The Morgan fingerprint density at radius 2 is 1.84 bits per heavy atom. The van der Waals surface area contributed by atoms with Gasteiger partial charge in [-0.1, -0.05) is 0 Å². The number of halogens is 2. The average molecular weight is 264 g/mol. The van der Waals surface area contributed by atoms with Gasteiger partial charge in [0.1, 0.15) is 0 Å². The number of nitrogens with one attached hydrogen (secondary N) is 1. The fourth-order valence-electron chi connectivity index (χ4n) is 1.58. The Morgan fingerprint density at radius 1 is 1.11 bits per heavy atom. The van der Waals surface area contributed by atoms with E-state index in [1.807, 2.05) is 0 Å². The molecule has 0 unspecified atom stereocenters. The van der Waals surface area contributed by atoms with Crippen LogP contribution in [0, 0.1) is 11.6 Å². The monoisotopic (exact) mass is 264 g/mol. The minimum absolute atomic E-state index is 0.0149. The molecule has 0 heterocycles. The zero-order valence-electron chi connectivity index (χ0n) is 9.65. The molecule has 2 rings (SSSR count). The van der Waals surface area contributed by atoms with Gasteiger partial charge >= 0.3 is 5.97 Å². The third-order valence-corrected chi connectivity index (χ3v) is 2.47. The predicted octanol–water partition coefficient (Wildman–Crippen LogP) is 2.99. The summed E-state index contributed by atoms with van der Waals surface area (Å²) in [6, 6.07) is 7.37. The lowest BCUT2D eigenvalue weighted by Crippen LogP contribution is -2.04. The normalized spacial score (nSPS) is 10.2. The molecule has 2 aromatic rings. The van der Waals surface area contributed by atoms with Gasteiger partial charge in [0.05, 0.1) is 11.3 Å². The number of hydrogen-bond donors (Lipinski definition) is 3. The number of hydrogen-bond acceptors (Lipinski definition) is 3. The molecule has 0 fully saturated rings. The molecule has 0 spiro atoms. The maximum Gasteiger partial charge on any atom is 0.337 e. The van der Waals surface area contributed by atoms with Crippen LogP contribution in [0.3, 0.4) is 0 Å². The van der Waals surface area contributed by atoms with Crippen LogP contribution < -0.4 is 11.1 Å². The molecular formula is C13H10F2N2O2. The zero-order chi connectivity index (χ0) is 14.0. The fourth-order valence-corrected chi connectivity index (χ4v) is 1.58. The Bertz CT molecular complexity index is 645. The molecule has 2 aromatic carbocycles. The van der Waals surface area contributed by atoms with E-state index in [4.69, 9.17) is 10.8 Å². The molecule has 19 heavy (non-hydrogen) atoms. The van der Waals surface area contributed by atoms with Crippen LogP contribution in [0.15, 0.2) is 36.4 Å². The molecule has 0 aliphatic carbocycles. The SMILES string of the molecule is Nc1ccc(C(=O)O)c(Nc2ccc(F)c(F)c2)c1. The number of carbonyl (C=O) groups is 1. The van der Waals surface area contributed by atoms with E-state index in [1.165, 1.54) is 24.3 Å². The van der Waals surface area contributed by atoms with Gasteiger partial charge in [-0.25, -0.2) is 13.6 Å². The first-order chi connectivity index (χ1) is 8.97. The van der Waals surface area contributed by atoms with Crippen LogP contribution in [-0.4, -0.2) is 11.1 Å². The van der Waals surface area contributed by atoms with Crippen molar-refractivity contribution < 1.29 is 18.7 Å². The molecule has 0 saturated heterocycles. The highest BCUT2D eigenvalue weighted by atomic mass is 19.2. The Kier molecular flexibility index (Phi) is 3.33. The number of rotatable bonds is 3. The minimum atomic E-state index is -1.15. The molecule has 0 amide bonds. The predicted molar refractivity (Wildman–Crippen MR) is 67.5 cm³/mol. The molecular weight excluding hydrogens is 254 g/mol. The first kappa shape index (κ1) is 12.8. The standard InChI is InChI=1S/C13H10F2N2O2/c14-10-4-2-8(6-11(10)15)17-12-5-7(16)1-3-9(12)13(18)19/h1-6,17H,16H2,(H,18,19). The molecule has 4 nitrogen and oxygen atoms in total. The van der Waals surface area contributed by atoms with Crippen LogP contribution in [-0.2, 0) is 0 Å². The molecule has 6 heteroatoms. The van der Waals surface area contributed by atoms with Gasteiger partial charge in [-0.2, -0.15) is 0 Å². The molecule has 4 N–H and O–H groups in total. The van der Waals surface area contributed by atoms with Gasteiger partial charge in [0.25, 0.3) is 0 Å². The van der Waals surface area contributed by atoms with Gasteiger partial charge in [0.2, 0.25) is 0 Å². The van der Waals surface area contributed by atoms with Crippen molar-refractivity contribution in [1.82, 2.24) is 0 Å². The lowest BCUT2D eigenvalue weighted by molar-refractivity contribution is 0.0698. The van der Waals surface area contributed by atoms with Crippen LogP contribution in [0.5, 0.6) is 0 Å². The van der Waals surface area contributed by atoms with Gasteiger partial charge in [-0.15, -0.1) is 0 Å². The van der Waals surface area contributed by atoms with Gasteiger partial charge in [-0.3, -0.25) is 0 Å². The molecule has 0 aliphatic rings. The van der Waals surface area contributed by atoms with E-state index < -0.39 is 17.6 Å². The van der Waals surface area contributed by atoms with Gasteiger partial charge in [0.15, 0.2) is 11.6 Å². The lowest BCUT2D eigenvalue weighted by Gasteiger charge is -2.10. The second-order valence-corrected chi connectivity index (χ2v) is 3.86. The van der Waals surface area contributed by atoms with Crippen molar-refractivity contribution in [3.63, 3.8) is 0 Å². The molecule has 0 saturated carbocycles. The number of carboxylic acid groups (broad SMARTS) is 1. The zero-order valence-corrected chi connectivity index (χ0v) is 9.65. The van der Waals surface area contributed by atoms with Crippen molar-refractivity contribution in [3.05, 3.63) is 53.6 Å². The Morgan fingerprint density at radius 3 is 2.47 bits per heavy atom. The fraction of sp³-hybridized carbons (Fsp3) is 0. The van der Waals surface area contributed by atoms with E-state index >= 15 is 0 Å². The van der Waals surface area contributed by atoms with Crippen molar-refractivity contribution in [2.75, 3.05) is 11.1 Å². The molecule has 0 aromatic heterocycles. The summed E-state index contributed by atoms with van der Waals surface area (Å²) in [7, 11) is 0. The highest BCUT2D eigenvalue weighted by Gasteiger charge is 2.11. The minimum Gasteiger partial charge on any atom is -0.478 e. The number of benzene rings is 2. The molecule has 98 valence electrons. The maximum atomic E-state index is 13.1. The molecule has 0 atom stereocenters. The summed E-state index contributed by atoms with van der Waals surface area (Å²) in [5, 5.41) is 11.7. The van der Waals surface area contributed by atoms with Crippen molar-refractivity contribution in [3.8, 4) is 0 Å². The van der Waals surface area contributed by atoms with Gasteiger partial charge in [-0.05, 0) is 30.3 Å². The topological polar surface area (TPSA) is 75.4 Å². The van der Waals surface area contributed by atoms with Crippen LogP contribution in [0.2, 0.25) is 0 Å². The van der Waals surface area contributed by atoms with E-state index in [-0.39, 0.29) is 16.9 Å². The number of nitrogen functional groups attached to an aromatic ring is 1. The second kappa shape index (κ2) is 4.93. The Hall–Kier alpha value is -2.63. The Labute approximate surface area is 107 Å². The van der Waals surface area contributed by atoms with Crippen molar-refractivity contribution in [2.45, 2.75) is 0 Å². The van der Waals surface area contributed by atoms with Crippen LogP contribution >= 0.6 is 0 Å². The summed E-state index contributed by atoms with van der Waals surface area (Å²) in [6.45, 7) is 0. The Balaban J connectivity index is 2.39. The van der Waals surface area contributed by atoms with Crippen LogP contribution in [0.1, 0.15) is 10.4 Å². The summed E-state index contributed by atoms with van der Waals surface area (Å²) in [5.74, 6) is -3.15. The molecule has 0 radical (unpaired) electrons. The van der Waals surface area contributed by atoms with E-state index in [2.05, 4.69) is 5.32 Å². The number of carboxylic acids is 1. The van der Waals surface area contributed by atoms with E-state index in [0.29, 0.717) is 5.69 Å². The lowest BCUT2D eigenvalue weighted by atomic mass is 10.1. The van der Waals surface area contributed by atoms with Crippen molar-refractivity contribution >= 4 is 23.0 Å². The third kappa shape index (κ3) is 2.79. The van der Waals surface area contributed by atoms with Crippen LogP contribution in [0.4, 0.5) is 25.8 Å². The number of aromatic carboxylic acids is 1. The van der Waals surface area contributed by atoms with Gasteiger partial charge < -0.3 is 16.2 Å². The first-order valence-corrected chi connectivity index (χ1v) is 5.32. The first-order valence-electron chi connectivity index (χ1n) is 5.32. The van der Waals surface area contributed by atoms with E-state index in [9.17, 15) is 13.6 Å². The summed E-state index contributed by atoms with van der Waals surface area (Å²) in [6.07, 6.45) is 0. The maximum absolute atomic E-state index is 13.1.